The Balaban J connectivity index is 1.39. The first-order valence-corrected chi connectivity index (χ1v) is 11.1. The Morgan fingerprint density at radius 1 is 1.03 bits per heavy atom. The van der Waals surface area contributed by atoms with Gasteiger partial charge in [-0.3, -0.25) is 9.69 Å². The maximum Gasteiger partial charge on any atom is 0.227 e. The van der Waals surface area contributed by atoms with Crippen molar-refractivity contribution >= 4 is 17.7 Å². The summed E-state index contributed by atoms with van der Waals surface area (Å²) in [7, 11) is 0. The van der Waals surface area contributed by atoms with Gasteiger partial charge in [-0.2, -0.15) is 0 Å². The van der Waals surface area contributed by atoms with Gasteiger partial charge in [-0.1, -0.05) is 74.4 Å². The van der Waals surface area contributed by atoms with Gasteiger partial charge in [0.25, 0.3) is 0 Å². The zero-order valence-corrected chi connectivity index (χ0v) is 17.6. The Bertz CT molecular complexity index is 759. The average molecular weight is 391 g/mol. The molecular formula is C26H34N2O. The number of hydrogen-bond donors (Lipinski definition) is 1. The lowest BCUT2D eigenvalue weighted by atomic mass is 9.95. The third kappa shape index (κ3) is 7.17. The second-order valence-electron chi connectivity index (χ2n) is 8.03. The van der Waals surface area contributed by atoms with Crippen LogP contribution in [0, 0.1) is 5.92 Å². The Kier molecular flexibility index (Phi) is 8.51. The Morgan fingerprint density at radius 2 is 1.76 bits per heavy atom. The van der Waals surface area contributed by atoms with Crippen LogP contribution in [-0.2, 0) is 11.2 Å². The summed E-state index contributed by atoms with van der Waals surface area (Å²) in [6, 6.07) is 18.8. The number of nitrogens with zero attached hydrogens (tertiary/aromatic N) is 1. The zero-order valence-electron chi connectivity index (χ0n) is 17.6. The summed E-state index contributed by atoms with van der Waals surface area (Å²) in [5.74, 6) is 0.289. The molecule has 0 bridgehead atoms. The van der Waals surface area contributed by atoms with Crippen LogP contribution in [0.25, 0.3) is 6.08 Å². The summed E-state index contributed by atoms with van der Waals surface area (Å²) in [4.78, 5) is 15.1. The minimum absolute atomic E-state index is 0.119. The number of benzene rings is 2. The topological polar surface area (TPSA) is 32.3 Å². The summed E-state index contributed by atoms with van der Waals surface area (Å²) < 4.78 is 0. The van der Waals surface area contributed by atoms with Crippen LogP contribution in [-0.4, -0.2) is 30.4 Å². The fraction of sp³-hybridized carbons (Fsp3) is 0.423. The van der Waals surface area contributed by atoms with E-state index in [0.29, 0.717) is 0 Å². The van der Waals surface area contributed by atoms with Gasteiger partial charge in [0.05, 0.1) is 0 Å². The van der Waals surface area contributed by atoms with E-state index >= 15 is 0 Å². The fourth-order valence-corrected chi connectivity index (χ4v) is 3.86. The van der Waals surface area contributed by atoms with E-state index < -0.39 is 0 Å². The summed E-state index contributed by atoms with van der Waals surface area (Å²) in [6.45, 7) is 5.13. The molecule has 0 aromatic heterocycles. The van der Waals surface area contributed by atoms with E-state index in [4.69, 9.17) is 0 Å². The second kappa shape index (κ2) is 11.6. The van der Waals surface area contributed by atoms with Gasteiger partial charge >= 0.3 is 0 Å². The normalized spacial score (nSPS) is 15.6. The highest BCUT2D eigenvalue weighted by atomic mass is 16.1. The highest BCUT2D eigenvalue weighted by molar-refractivity contribution is 5.92. The number of carbonyl (C=O) groups is 1. The molecular weight excluding hydrogens is 356 g/mol. The maximum absolute atomic E-state index is 12.6. The van der Waals surface area contributed by atoms with E-state index in [-0.39, 0.29) is 11.8 Å². The van der Waals surface area contributed by atoms with Gasteiger partial charge < -0.3 is 5.32 Å². The molecule has 2 aromatic rings. The van der Waals surface area contributed by atoms with E-state index in [0.717, 1.165) is 44.6 Å². The third-order valence-corrected chi connectivity index (χ3v) is 5.72. The van der Waals surface area contributed by atoms with E-state index in [9.17, 15) is 4.79 Å². The van der Waals surface area contributed by atoms with Gasteiger partial charge in [0.15, 0.2) is 0 Å². The standard InChI is InChI=1S/C26H34N2O/c1-2-3-5-9-23-13-15-25(16-14-23)27-26(29)24-17-20-28(21-18-24)19-8-12-22-10-6-4-7-11-22/h4,6-8,10-16,24H,2-3,5,9,17-21H2,1H3,(H,27,29)/b12-8+. The van der Waals surface area contributed by atoms with Crippen LogP contribution in [0.15, 0.2) is 60.7 Å². The summed E-state index contributed by atoms with van der Waals surface area (Å²) in [5.41, 5.74) is 3.51. The van der Waals surface area contributed by atoms with Gasteiger partial charge in [-0.25, -0.2) is 0 Å². The third-order valence-electron chi connectivity index (χ3n) is 5.72. The number of aryl methyl sites for hydroxylation is 1. The van der Waals surface area contributed by atoms with Gasteiger partial charge in [0.1, 0.15) is 0 Å². The first kappa shape index (κ1) is 21.3. The number of nitrogens with one attached hydrogen (secondary N) is 1. The molecule has 2 aromatic carbocycles. The zero-order chi connectivity index (χ0) is 20.3. The fourth-order valence-electron chi connectivity index (χ4n) is 3.86. The van der Waals surface area contributed by atoms with Crippen molar-refractivity contribution in [2.75, 3.05) is 25.0 Å². The summed E-state index contributed by atoms with van der Waals surface area (Å²) >= 11 is 0. The molecule has 3 nitrogen and oxygen atoms in total. The summed E-state index contributed by atoms with van der Waals surface area (Å²) in [6.07, 6.45) is 11.1. The highest BCUT2D eigenvalue weighted by Gasteiger charge is 2.24. The molecule has 3 rings (SSSR count). The molecule has 3 heteroatoms. The molecule has 1 aliphatic heterocycles. The molecule has 154 valence electrons. The number of likely N-dealkylation sites (tertiary alicyclic amines) is 1. The van der Waals surface area contributed by atoms with Gasteiger partial charge in [-0.15, -0.1) is 0 Å². The Labute approximate surface area is 175 Å². The molecule has 0 aliphatic carbocycles. The SMILES string of the molecule is CCCCCc1ccc(NC(=O)C2CCN(C/C=C/c3ccccc3)CC2)cc1. The molecule has 0 radical (unpaired) electrons. The van der Waals surface area contributed by atoms with Crippen molar-refractivity contribution in [3.05, 3.63) is 71.8 Å². The average Bonchev–Trinajstić information content (AvgIpc) is 2.76. The first-order valence-electron chi connectivity index (χ1n) is 11.1. The van der Waals surface area contributed by atoms with Crippen LogP contribution in [0.2, 0.25) is 0 Å². The molecule has 1 heterocycles. The van der Waals surface area contributed by atoms with Crippen LogP contribution in [0.3, 0.4) is 0 Å². The minimum Gasteiger partial charge on any atom is -0.326 e. The Hall–Kier alpha value is -2.39. The Morgan fingerprint density at radius 3 is 2.45 bits per heavy atom. The minimum atomic E-state index is 0.119. The van der Waals surface area contributed by atoms with E-state index in [2.05, 4.69) is 65.7 Å². The predicted molar refractivity (Wildman–Crippen MR) is 123 cm³/mol. The number of rotatable bonds is 9. The molecule has 1 saturated heterocycles. The predicted octanol–water partition coefficient (Wildman–Crippen LogP) is 5.78. The van der Waals surface area contributed by atoms with E-state index in [1.165, 1.54) is 30.4 Å². The second-order valence-corrected chi connectivity index (χ2v) is 8.03. The molecule has 1 N–H and O–H groups in total. The first-order chi connectivity index (χ1) is 14.2. The number of amides is 1. The molecule has 0 unspecified atom stereocenters. The number of carbonyl (C=O) groups excluding carboxylic acids is 1. The molecule has 1 amide bonds. The van der Waals surface area contributed by atoms with Crippen molar-refractivity contribution in [2.45, 2.75) is 45.4 Å². The maximum atomic E-state index is 12.6. The molecule has 29 heavy (non-hydrogen) atoms. The molecule has 0 saturated carbocycles. The molecule has 0 atom stereocenters. The molecule has 0 spiro atoms. The van der Waals surface area contributed by atoms with Crippen molar-refractivity contribution in [2.24, 2.45) is 5.92 Å². The van der Waals surface area contributed by atoms with Gasteiger partial charge in [-0.05, 0) is 62.0 Å². The largest absolute Gasteiger partial charge is 0.326 e. The van der Waals surface area contributed by atoms with Crippen LogP contribution in [0.5, 0.6) is 0 Å². The lowest BCUT2D eigenvalue weighted by molar-refractivity contribution is -0.121. The van der Waals surface area contributed by atoms with E-state index in [1.54, 1.807) is 0 Å². The van der Waals surface area contributed by atoms with Crippen LogP contribution in [0.4, 0.5) is 5.69 Å². The quantitative estimate of drug-likeness (QED) is 0.550. The molecule has 1 fully saturated rings. The smallest absolute Gasteiger partial charge is 0.227 e. The van der Waals surface area contributed by atoms with Gasteiger partial charge in [0.2, 0.25) is 5.91 Å². The van der Waals surface area contributed by atoms with Crippen LogP contribution >= 0.6 is 0 Å². The molecule has 1 aliphatic rings. The van der Waals surface area contributed by atoms with E-state index in [1.807, 2.05) is 18.2 Å². The number of anilines is 1. The van der Waals surface area contributed by atoms with Crippen LogP contribution in [0.1, 0.15) is 50.2 Å². The number of hydrogen-bond acceptors (Lipinski definition) is 2. The van der Waals surface area contributed by atoms with Crippen molar-refractivity contribution in [1.82, 2.24) is 4.90 Å². The van der Waals surface area contributed by atoms with Crippen molar-refractivity contribution < 1.29 is 4.79 Å². The number of piperidine rings is 1. The van der Waals surface area contributed by atoms with Crippen molar-refractivity contribution in [3.8, 4) is 0 Å². The highest BCUT2D eigenvalue weighted by Crippen LogP contribution is 2.20. The van der Waals surface area contributed by atoms with Gasteiger partial charge in [0, 0.05) is 18.2 Å². The van der Waals surface area contributed by atoms with Crippen molar-refractivity contribution in [1.29, 1.82) is 0 Å². The number of unbranched alkanes of at least 4 members (excludes halogenated alkanes) is 2. The van der Waals surface area contributed by atoms with Crippen LogP contribution < -0.4 is 5.32 Å². The lowest BCUT2D eigenvalue weighted by Gasteiger charge is -2.30. The monoisotopic (exact) mass is 390 g/mol. The van der Waals surface area contributed by atoms with Crippen molar-refractivity contribution in [3.63, 3.8) is 0 Å². The lowest BCUT2D eigenvalue weighted by Crippen LogP contribution is -2.38. The summed E-state index contributed by atoms with van der Waals surface area (Å²) in [5, 5.41) is 3.11.